The molecule has 0 spiro atoms. The number of benzene rings is 3. The summed E-state index contributed by atoms with van der Waals surface area (Å²) in [6.07, 6.45) is 1.52. The van der Waals surface area contributed by atoms with Crippen LogP contribution in [0.2, 0.25) is 5.02 Å². The number of furan rings is 1. The number of amides is 1. The largest absolute Gasteiger partial charge is 0.490 e. The molecule has 0 aliphatic carbocycles. The third-order valence-corrected chi connectivity index (χ3v) is 6.06. The van der Waals surface area contributed by atoms with E-state index in [9.17, 15) is 4.79 Å². The molecule has 0 fully saturated rings. The molecule has 0 atom stereocenters. The predicted octanol–water partition coefficient (Wildman–Crippen LogP) is 7.35. The first-order valence-electron chi connectivity index (χ1n) is 10.3. The average molecular weight is 607 g/mol. The molecule has 4 aromatic rings. The molecule has 9 heteroatoms. The number of hydrazone groups is 1. The van der Waals surface area contributed by atoms with Crippen molar-refractivity contribution in [3.05, 3.63) is 91.5 Å². The van der Waals surface area contributed by atoms with Gasteiger partial charge in [-0.05, 0) is 82.5 Å². The van der Waals surface area contributed by atoms with Crippen molar-refractivity contribution in [3.63, 3.8) is 0 Å². The molecule has 0 bridgehead atoms. The number of fused-ring (bicyclic) bond motifs is 1. The second kappa shape index (κ2) is 11.1. The number of carbonyl (C=O) groups is 1. The van der Waals surface area contributed by atoms with Gasteiger partial charge in [0.1, 0.15) is 12.2 Å². The van der Waals surface area contributed by atoms with Crippen LogP contribution in [0.25, 0.3) is 11.0 Å². The van der Waals surface area contributed by atoms with Gasteiger partial charge in [-0.1, -0.05) is 39.7 Å². The van der Waals surface area contributed by atoms with Crippen LogP contribution in [0.3, 0.4) is 0 Å². The van der Waals surface area contributed by atoms with Gasteiger partial charge in [-0.2, -0.15) is 5.10 Å². The van der Waals surface area contributed by atoms with Crippen molar-refractivity contribution in [1.29, 1.82) is 0 Å². The fourth-order valence-electron chi connectivity index (χ4n) is 3.15. The zero-order chi connectivity index (χ0) is 24.1. The van der Waals surface area contributed by atoms with Gasteiger partial charge in [0.15, 0.2) is 17.3 Å². The topological polar surface area (TPSA) is 73.1 Å². The van der Waals surface area contributed by atoms with Gasteiger partial charge in [-0.15, -0.1) is 0 Å². The molecule has 1 heterocycles. The lowest BCUT2D eigenvalue weighted by molar-refractivity contribution is 0.0929. The molecule has 174 valence electrons. The number of ether oxygens (including phenoxy) is 2. The number of nitrogens with one attached hydrogen (secondary N) is 1. The SMILES string of the molecule is CCOc1cc(/C=N/NC(=O)c2cc3cc(Cl)ccc3o2)cc(Br)c1OCc1ccc(Br)cc1. The second-order valence-electron chi connectivity index (χ2n) is 7.17. The van der Waals surface area contributed by atoms with Gasteiger partial charge in [-0.3, -0.25) is 4.79 Å². The highest BCUT2D eigenvalue weighted by molar-refractivity contribution is 9.10. The van der Waals surface area contributed by atoms with E-state index >= 15 is 0 Å². The molecular weight excluding hydrogens is 588 g/mol. The number of hydrogen-bond acceptors (Lipinski definition) is 5. The standard InChI is InChI=1S/C25H19Br2ClN2O4/c1-2-32-22-10-16(9-20(27)24(22)33-14-15-3-5-18(26)6-4-15)13-29-30-25(31)23-12-17-11-19(28)7-8-21(17)34-23/h3-13H,2,14H2,1H3,(H,30,31)/b29-13+. The van der Waals surface area contributed by atoms with Gasteiger partial charge >= 0.3 is 5.91 Å². The van der Waals surface area contributed by atoms with Crippen LogP contribution in [-0.4, -0.2) is 18.7 Å². The highest BCUT2D eigenvalue weighted by Gasteiger charge is 2.14. The molecule has 0 unspecified atom stereocenters. The summed E-state index contributed by atoms with van der Waals surface area (Å²) in [5, 5.41) is 5.36. The summed E-state index contributed by atoms with van der Waals surface area (Å²) < 4.78 is 19.1. The van der Waals surface area contributed by atoms with E-state index in [1.165, 1.54) is 6.21 Å². The van der Waals surface area contributed by atoms with E-state index in [0.29, 0.717) is 45.4 Å². The molecular formula is C25H19Br2ClN2O4. The van der Waals surface area contributed by atoms with Crippen LogP contribution in [0, 0.1) is 0 Å². The Hall–Kier alpha value is -2.81. The maximum atomic E-state index is 12.4. The molecule has 0 saturated carbocycles. The molecule has 4 rings (SSSR count). The van der Waals surface area contributed by atoms with E-state index in [-0.39, 0.29) is 5.76 Å². The van der Waals surface area contributed by atoms with Crippen LogP contribution in [0.5, 0.6) is 11.5 Å². The van der Waals surface area contributed by atoms with E-state index < -0.39 is 5.91 Å². The first kappa shape index (κ1) is 24.3. The van der Waals surface area contributed by atoms with E-state index in [4.69, 9.17) is 25.5 Å². The van der Waals surface area contributed by atoms with Crippen LogP contribution in [0.15, 0.2) is 79.1 Å². The van der Waals surface area contributed by atoms with Crippen molar-refractivity contribution in [1.82, 2.24) is 5.43 Å². The van der Waals surface area contributed by atoms with Gasteiger partial charge in [0.25, 0.3) is 0 Å². The highest BCUT2D eigenvalue weighted by atomic mass is 79.9. The predicted molar refractivity (Wildman–Crippen MR) is 140 cm³/mol. The third-order valence-electron chi connectivity index (χ3n) is 4.71. The maximum absolute atomic E-state index is 12.4. The van der Waals surface area contributed by atoms with Crippen LogP contribution in [0.4, 0.5) is 0 Å². The smallest absolute Gasteiger partial charge is 0.307 e. The van der Waals surface area contributed by atoms with Crippen molar-refractivity contribution in [2.75, 3.05) is 6.61 Å². The molecule has 1 amide bonds. The zero-order valence-electron chi connectivity index (χ0n) is 18.0. The minimum atomic E-state index is -0.470. The monoisotopic (exact) mass is 604 g/mol. The van der Waals surface area contributed by atoms with E-state index in [2.05, 4.69) is 42.4 Å². The van der Waals surface area contributed by atoms with Gasteiger partial charge < -0.3 is 13.9 Å². The van der Waals surface area contributed by atoms with Gasteiger partial charge in [0.05, 0.1) is 17.3 Å². The Morgan fingerprint density at radius 3 is 2.65 bits per heavy atom. The summed E-state index contributed by atoms with van der Waals surface area (Å²) in [5.74, 6) is 0.826. The summed E-state index contributed by atoms with van der Waals surface area (Å²) >= 11 is 13.0. The Morgan fingerprint density at radius 1 is 1.09 bits per heavy atom. The van der Waals surface area contributed by atoms with Crippen LogP contribution < -0.4 is 14.9 Å². The van der Waals surface area contributed by atoms with Crippen molar-refractivity contribution >= 4 is 66.6 Å². The molecule has 3 aromatic carbocycles. The third kappa shape index (κ3) is 6.00. The molecule has 0 aliphatic rings. The maximum Gasteiger partial charge on any atom is 0.307 e. The lowest BCUT2D eigenvalue weighted by Crippen LogP contribution is -2.16. The molecule has 6 nitrogen and oxygen atoms in total. The van der Waals surface area contributed by atoms with Crippen LogP contribution in [0.1, 0.15) is 28.6 Å². The van der Waals surface area contributed by atoms with E-state index in [1.54, 1.807) is 30.3 Å². The number of nitrogens with zero attached hydrogens (tertiary/aromatic N) is 1. The zero-order valence-corrected chi connectivity index (χ0v) is 21.9. The number of carbonyl (C=O) groups excluding carboxylic acids is 1. The first-order chi connectivity index (χ1) is 16.4. The normalized spacial score (nSPS) is 11.2. The molecule has 0 radical (unpaired) electrons. The van der Waals surface area contributed by atoms with Crippen LogP contribution in [-0.2, 0) is 6.61 Å². The Balaban J connectivity index is 1.46. The summed E-state index contributed by atoms with van der Waals surface area (Å²) in [4.78, 5) is 12.4. The minimum Gasteiger partial charge on any atom is -0.490 e. The van der Waals surface area contributed by atoms with Gasteiger partial charge in [-0.25, -0.2) is 5.43 Å². The minimum absolute atomic E-state index is 0.141. The lowest BCUT2D eigenvalue weighted by Gasteiger charge is -2.14. The van der Waals surface area contributed by atoms with Crippen molar-refractivity contribution < 1.29 is 18.7 Å². The molecule has 0 saturated heterocycles. The number of rotatable bonds is 8. The summed E-state index contributed by atoms with van der Waals surface area (Å²) in [6.45, 7) is 2.75. The average Bonchev–Trinajstić information content (AvgIpc) is 3.23. The Kier molecular flexibility index (Phi) is 7.92. The number of halogens is 3. The lowest BCUT2D eigenvalue weighted by atomic mass is 10.2. The van der Waals surface area contributed by atoms with Crippen molar-refractivity contribution in [2.45, 2.75) is 13.5 Å². The molecule has 34 heavy (non-hydrogen) atoms. The quantitative estimate of drug-likeness (QED) is 0.168. The van der Waals surface area contributed by atoms with Crippen molar-refractivity contribution in [3.8, 4) is 11.5 Å². The Morgan fingerprint density at radius 2 is 1.88 bits per heavy atom. The van der Waals surface area contributed by atoms with Crippen LogP contribution >= 0.6 is 43.5 Å². The molecule has 1 aromatic heterocycles. The van der Waals surface area contributed by atoms with Gasteiger partial charge in [0, 0.05) is 14.9 Å². The van der Waals surface area contributed by atoms with E-state index in [1.807, 2.05) is 37.3 Å². The van der Waals surface area contributed by atoms with Crippen molar-refractivity contribution in [2.24, 2.45) is 5.10 Å². The summed E-state index contributed by atoms with van der Waals surface area (Å²) in [6, 6.07) is 18.3. The Labute approximate surface area is 218 Å². The summed E-state index contributed by atoms with van der Waals surface area (Å²) in [7, 11) is 0. The first-order valence-corrected chi connectivity index (χ1v) is 12.3. The molecule has 1 N–H and O–H groups in total. The molecule has 0 aliphatic heterocycles. The second-order valence-corrected chi connectivity index (χ2v) is 9.38. The highest BCUT2D eigenvalue weighted by Crippen LogP contribution is 2.37. The Bertz CT molecular complexity index is 1350. The summed E-state index contributed by atoms with van der Waals surface area (Å²) in [5.41, 5.74) is 4.78. The van der Waals surface area contributed by atoms with Gasteiger partial charge in [0.2, 0.25) is 0 Å². The fraction of sp³-hybridized carbons (Fsp3) is 0.120. The fourth-order valence-corrected chi connectivity index (χ4v) is 4.17. The van der Waals surface area contributed by atoms with E-state index in [0.717, 1.165) is 15.4 Å². The number of hydrogen-bond donors (Lipinski definition) is 1.